The highest BCUT2D eigenvalue weighted by molar-refractivity contribution is 5.88. The highest BCUT2D eigenvalue weighted by Crippen LogP contribution is 2.77. The lowest BCUT2D eigenvalue weighted by molar-refractivity contribution is -0.219. The van der Waals surface area contributed by atoms with Crippen molar-refractivity contribution in [2.75, 3.05) is 14.1 Å². The molecule has 1 aromatic carbocycles. The summed E-state index contributed by atoms with van der Waals surface area (Å²) in [4.78, 5) is 13.6. The van der Waals surface area contributed by atoms with Crippen molar-refractivity contribution in [3.05, 3.63) is 65.4 Å². The van der Waals surface area contributed by atoms with E-state index in [4.69, 9.17) is 9.52 Å². The molecule has 0 radical (unpaired) electrons. The predicted octanol–water partition coefficient (Wildman–Crippen LogP) is 9.43. The number of aromatic carboxylic acids is 1. The van der Waals surface area contributed by atoms with Gasteiger partial charge in [0.2, 0.25) is 11.8 Å². The number of fused-ring (bicyclic) bond motifs is 7. The van der Waals surface area contributed by atoms with Gasteiger partial charge in [0.1, 0.15) is 0 Å². The van der Waals surface area contributed by atoms with Crippen LogP contribution in [0.25, 0.3) is 5.57 Å². The van der Waals surface area contributed by atoms with Crippen molar-refractivity contribution in [1.29, 1.82) is 0 Å². The zero-order valence-electron chi connectivity index (χ0n) is 30.2. The molecule has 7 rings (SSSR count). The predicted molar refractivity (Wildman–Crippen MR) is 187 cm³/mol. The lowest BCUT2D eigenvalue weighted by Crippen LogP contribution is -2.65. The smallest absolute Gasteiger partial charge is 0.335 e. The molecule has 0 aliphatic heterocycles. The SMILES string of the molecule is C=C(C)[C@@H]1CC[C@]2(c3nnc(CN(C)C)o3)CC[C@]3(C)[C@H](CC[C@@H]4[C@@]5(C)CC=C(c6ccc(C(=O)O)cc6)C(C)(C)[C@@H]5CC[C@]43C)[C@@H]12. The third kappa shape index (κ3) is 4.55. The normalized spacial score (nSPS) is 40.5. The number of rotatable bonds is 6. The summed E-state index contributed by atoms with van der Waals surface area (Å²) in [5.41, 5.74) is 4.94. The number of aromatic nitrogens is 2. The molecule has 47 heavy (non-hydrogen) atoms. The van der Waals surface area contributed by atoms with Crippen molar-refractivity contribution in [2.24, 2.45) is 51.2 Å². The number of allylic oxidation sites excluding steroid dienone is 3. The van der Waals surface area contributed by atoms with Crippen LogP contribution in [-0.4, -0.2) is 40.3 Å². The van der Waals surface area contributed by atoms with Gasteiger partial charge in [-0.1, -0.05) is 65.0 Å². The van der Waals surface area contributed by atoms with E-state index in [2.05, 4.69) is 78.3 Å². The third-order valence-electron chi connectivity index (χ3n) is 15.4. The minimum absolute atomic E-state index is 0.0112. The maximum atomic E-state index is 11.5. The summed E-state index contributed by atoms with van der Waals surface area (Å²) in [6.07, 6.45) is 13.3. The quantitative estimate of drug-likeness (QED) is 0.317. The van der Waals surface area contributed by atoms with Crippen LogP contribution in [0.15, 0.2) is 46.9 Å². The Morgan fingerprint density at radius 2 is 1.66 bits per heavy atom. The molecular formula is C41H57N3O3. The van der Waals surface area contributed by atoms with Gasteiger partial charge >= 0.3 is 5.97 Å². The summed E-state index contributed by atoms with van der Waals surface area (Å²) in [5.74, 6) is 3.62. The second-order valence-electron chi connectivity index (χ2n) is 18.0. The second-order valence-corrected chi connectivity index (χ2v) is 18.0. The fourth-order valence-corrected chi connectivity index (χ4v) is 13.2. The molecule has 4 fully saturated rings. The van der Waals surface area contributed by atoms with E-state index in [0.717, 1.165) is 31.0 Å². The number of carboxylic acids is 1. The molecule has 9 atom stereocenters. The Morgan fingerprint density at radius 1 is 0.936 bits per heavy atom. The van der Waals surface area contributed by atoms with E-state index >= 15 is 0 Å². The molecule has 0 amide bonds. The first-order valence-electron chi connectivity index (χ1n) is 18.3. The average Bonchev–Trinajstić information content (AvgIpc) is 3.63. The highest BCUT2D eigenvalue weighted by atomic mass is 16.4. The highest BCUT2D eigenvalue weighted by Gasteiger charge is 2.71. The van der Waals surface area contributed by atoms with Gasteiger partial charge in [-0.3, -0.25) is 0 Å². The van der Waals surface area contributed by atoms with Crippen LogP contribution in [0.1, 0.15) is 127 Å². The van der Waals surface area contributed by atoms with Crippen LogP contribution in [0.5, 0.6) is 0 Å². The minimum Gasteiger partial charge on any atom is -0.478 e. The van der Waals surface area contributed by atoms with Crippen LogP contribution in [0, 0.1) is 51.2 Å². The van der Waals surface area contributed by atoms with Crippen molar-refractivity contribution in [2.45, 2.75) is 111 Å². The molecule has 254 valence electrons. The maximum absolute atomic E-state index is 11.5. The molecule has 5 aliphatic carbocycles. The van der Waals surface area contributed by atoms with Gasteiger partial charge in [0.15, 0.2) is 0 Å². The molecule has 1 heterocycles. The van der Waals surface area contributed by atoms with Crippen molar-refractivity contribution in [3.8, 4) is 0 Å². The summed E-state index contributed by atoms with van der Waals surface area (Å²) >= 11 is 0. The summed E-state index contributed by atoms with van der Waals surface area (Å²) < 4.78 is 6.56. The summed E-state index contributed by atoms with van der Waals surface area (Å²) in [6.45, 7) is 20.5. The van der Waals surface area contributed by atoms with Gasteiger partial charge in [-0.2, -0.15) is 0 Å². The molecule has 1 aromatic heterocycles. The Morgan fingerprint density at radius 3 is 2.32 bits per heavy atom. The van der Waals surface area contributed by atoms with Crippen LogP contribution in [0.2, 0.25) is 0 Å². The first-order valence-corrected chi connectivity index (χ1v) is 18.3. The number of hydrogen-bond acceptors (Lipinski definition) is 5. The molecule has 0 bridgehead atoms. The van der Waals surface area contributed by atoms with Crippen LogP contribution in [0.3, 0.4) is 0 Å². The molecule has 0 spiro atoms. The Bertz CT molecular complexity index is 1600. The monoisotopic (exact) mass is 639 g/mol. The van der Waals surface area contributed by atoms with Crippen LogP contribution < -0.4 is 0 Å². The molecule has 1 N–H and O–H groups in total. The van der Waals surface area contributed by atoms with Gasteiger partial charge in [-0.25, -0.2) is 4.79 Å². The van der Waals surface area contributed by atoms with E-state index in [1.807, 2.05) is 12.1 Å². The van der Waals surface area contributed by atoms with Gasteiger partial charge in [-0.05, 0) is 153 Å². The van der Waals surface area contributed by atoms with Crippen LogP contribution >= 0.6 is 0 Å². The van der Waals surface area contributed by atoms with Gasteiger partial charge in [0, 0.05) is 0 Å². The van der Waals surface area contributed by atoms with Crippen molar-refractivity contribution in [1.82, 2.24) is 15.1 Å². The lowest BCUT2D eigenvalue weighted by Gasteiger charge is -2.72. The van der Waals surface area contributed by atoms with Gasteiger partial charge in [0.25, 0.3) is 0 Å². The molecule has 6 nitrogen and oxygen atoms in total. The molecular weight excluding hydrogens is 582 g/mol. The Balaban J connectivity index is 1.24. The van der Waals surface area contributed by atoms with E-state index in [-0.39, 0.29) is 27.1 Å². The maximum Gasteiger partial charge on any atom is 0.335 e. The van der Waals surface area contributed by atoms with Crippen molar-refractivity contribution >= 4 is 11.5 Å². The number of hydrogen-bond donors (Lipinski definition) is 1. The van der Waals surface area contributed by atoms with E-state index in [1.54, 1.807) is 12.1 Å². The summed E-state index contributed by atoms with van der Waals surface area (Å²) in [7, 11) is 4.11. The summed E-state index contributed by atoms with van der Waals surface area (Å²) in [6, 6.07) is 7.59. The second kappa shape index (κ2) is 10.9. The van der Waals surface area contributed by atoms with Crippen molar-refractivity contribution in [3.63, 3.8) is 0 Å². The fraction of sp³-hybridized carbons (Fsp3) is 0.683. The number of benzene rings is 1. The van der Waals surface area contributed by atoms with E-state index in [1.165, 1.54) is 55.2 Å². The number of carboxylic acid groups (broad SMARTS) is 1. The first-order chi connectivity index (χ1) is 22.1. The Hall–Kier alpha value is -2.73. The van der Waals surface area contributed by atoms with Crippen LogP contribution in [0.4, 0.5) is 0 Å². The zero-order valence-corrected chi connectivity index (χ0v) is 30.2. The van der Waals surface area contributed by atoms with E-state index < -0.39 is 5.97 Å². The lowest BCUT2D eigenvalue weighted by atomic mass is 9.32. The number of carbonyl (C=O) groups is 1. The largest absolute Gasteiger partial charge is 0.478 e. The van der Waals surface area contributed by atoms with E-state index in [9.17, 15) is 9.90 Å². The van der Waals surface area contributed by atoms with Crippen molar-refractivity contribution < 1.29 is 14.3 Å². The molecule has 6 heteroatoms. The zero-order chi connectivity index (χ0) is 33.7. The average molecular weight is 640 g/mol. The van der Waals surface area contributed by atoms with Gasteiger partial charge in [0.05, 0.1) is 17.5 Å². The van der Waals surface area contributed by atoms with Crippen LogP contribution in [-0.2, 0) is 12.0 Å². The number of nitrogens with zero attached hydrogens (tertiary/aromatic N) is 3. The van der Waals surface area contributed by atoms with Gasteiger partial charge < -0.3 is 14.4 Å². The molecule has 5 aliphatic rings. The molecule has 4 saturated carbocycles. The van der Waals surface area contributed by atoms with E-state index in [0.29, 0.717) is 41.7 Å². The molecule has 2 aromatic rings. The Kier molecular flexibility index (Phi) is 7.60. The fourth-order valence-electron chi connectivity index (χ4n) is 13.2. The third-order valence-corrected chi connectivity index (χ3v) is 15.4. The minimum atomic E-state index is -0.866. The first kappa shape index (κ1) is 32.8. The topological polar surface area (TPSA) is 79.5 Å². The summed E-state index contributed by atoms with van der Waals surface area (Å²) in [5, 5.41) is 18.8. The Labute approximate surface area is 282 Å². The standard InChI is InChI=1S/C41H57N3O3/c1-25(2)28-16-21-41(36-43-42-33(47-36)24-44(8)9)23-22-39(6)30(34(28)41)14-15-32-38(5)19-17-29(26-10-12-27(13-11-26)35(45)46)37(3,4)31(38)18-20-40(32,39)7/h10-13,17,28,30-32,34H,1,14-16,18-24H2,2-9H3,(H,45,46)/t28-,30+,31-,32+,34+,38-,39+,40+,41-/m0/s1. The van der Waals surface area contributed by atoms with Gasteiger partial charge in [-0.15, -0.1) is 10.2 Å². The molecule has 0 saturated heterocycles. The molecule has 0 unspecified atom stereocenters.